The molecule has 9 heteroatoms. The first-order valence-corrected chi connectivity index (χ1v) is 10.1. The molecule has 1 aliphatic heterocycles. The number of piperidine rings is 1. The Kier molecular flexibility index (Phi) is 5.62. The van der Waals surface area contributed by atoms with Gasteiger partial charge in [-0.3, -0.25) is 10.1 Å². The SMILES string of the molecule is NS(=O)(=O)c1ccc(N2CCCC(COc3ccccc3)C2)c([N+](=O)[O-])c1. The number of ether oxygens (including phenoxy) is 1. The van der Waals surface area contributed by atoms with Crippen molar-refractivity contribution in [1.82, 2.24) is 0 Å². The molecule has 27 heavy (non-hydrogen) atoms. The number of hydrogen-bond donors (Lipinski definition) is 1. The van der Waals surface area contributed by atoms with Gasteiger partial charge in [-0.15, -0.1) is 0 Å². The van der Waals surface area contributed by atoms with Crippen LogP contribution < -0.4 is 14.8 Å². The van der Waals surface area contributed by atoms with Gasteiger partial charge in [0.25, 0.3) is 5.69 Å². The van der Waals surface area contributed by atoms with Crippen molar-refractivity contribution < 1.29 is 18.1 Å². The summed E-state index contributed by atoms with van der Waals surface area (Å²) in [5, 5.41) is 16.5. The number of nitrogens with two attached hydrogens (primary N) is 1. The number of benzene rings is 2. The Bertz CT molecular complexity index is 918. The lowest BCUT2D eigenvalue weighted by molar-refractivity contribution is -0.384. The molecule has 1 unspecified atom stereocenters. The maximum atomic E-state index is 11.5. The fourth-order valence-corrected chi connectivity index (χ4v) is 3.78. The van der Waals surface area contributed by atoms with E-state index >= 15 is 0 Å². The van der Waals surface area contributed by atoms with Gasteiger partial charge in [-0.05, 0) is 37.1 Å². The number of rotatable bonds is 6. The maximum Gasteiger partial charge on any atom is 0.293 e. The first-order valence-electron chi connectivity index (χ1n) is 8.58. The lowest BCUT2D eigenvalue weighted by Gasteiger charge is -2.34. The van der Waals surface area contributed by atoms with E-state index in [2.05, 4.69) is 0 Å². The third-order valence-electron chi connectivity index (χ3n) is 4.56. The second-order valence-electron chi connectivity index (χ2n) is 6.53. The van der Waals surface area contributed by atoms with Crippen molar-refractivity contribution in [2.45, 2.75) is 17.7 Å². The van der Waals surface area contributed by atoms with E-state index in [9.17, 15) is 18.5 Å². The van der Waals surface area contributed by atoms with E-state index in [1.54, 1.807) is 0 Å². The predicted octanol–water partition coefficient (Wildman–Crippen LogP) is 2.54. The van der Waals surface area contributed by atoms with E-state index in [0.29, 0.717) is 25.4 Å². The summed E-state index contributed by atoms with van der Waals surface area (Å²) in [7, 11) is -4.00. The summed E-state index contributed by atoms with van der Waals surface area (Å²) in [6.07, 6.45) is 1.84. The average Bonchev–Trinajstić information content (AvgIpc) is 2.66. The quantitative estimate of drug-likeness (QED) is 0.597. The van der Waals surface area contributed by atoms with Crippen molar-refractivity contribution in [2.24, 2.45) is 11.1 Å². The van der Waals surface area contributed by atoms with Gasteiger partial charge in [0, 0.05) is 25.1 Å². The molecule has 0 spiro atoms. The van der Waals surface area contributed by atoms with Gasteiger partial charge in [-0.1, -0.05) is 18.2 Å². The van der Waals surface area contributed by atoms with Crippen LogP contribution in [0.25, 0.3) is 0 Å². The summed E-state index contributed by atoms with van der Waals surface area (Å²) in [6, 6.07) is 13.3. The number of nitrogens with zero attached hydrogens (tertiary/aromatic N) is 2. The van der Waals surface area contributed by atoms with Crippen LogP contribution in [0.4, 0.5) is 11.4 Å². The zero-order chi connectivity index (χ0) is 19.4. The van der Waals surface area contributed by atoms with Crippen molar-refractivity contribution in [1.29, 1.82) is 0 Å². The molecule has 1 aliphatic rings. The van der Waals surface area contributed by atoms with Crippen LogP contribution in [0.5, 0.6) is 5.75 Å². The van der Waals surface area contributed by atoms with Crippen molar-refractivity contribution in [3.05, 3.63) is 58.6 Å². The Hall–Kier alpha value is -2.65. The van der Waals surface area contributed by atoms with Crippen molar-refractivity contribution in [3.8, 4) is 5.75 Å². The molecule has 0 bridgehead atoms. The van der Waals surface area contributed by atoms with E-state index in [0.717, 1.165) is 24.7 Å². The molecule has 2 N–H and O–H groups in total. The van der Waals surface area contributed by atoms with Crippen LogP contribution in [0.1, 0.15) is 12.8 Å². The summed E-state index contributed by atoms with van der Waals surface area (Å²) in [5.41, 5.74) is 0.142. The molecular formula is C18H21N3O5S. The molecule has 0 radical (unpaired) electrons. The Balaban J connectivity index is 1.76. The van der Waals surface area contributed by atoms with Crippen LogP contribution in [0.3, 0.4) is 0 Å². The monoisotopic (exact) mass is 391 g/mol. The van der Waals surface area contributed by atoms with Gasteiger partial charge < -0.3 is 9.64 Å². The fourth-order valence-electron chi connectivity index (χ4n) is 3.24. The largest absolute Gasteiger partial charge is 0.493 e. The van der Waals surface area contributed by atoms with E-state index in [1.165, 1.54) is 12.1 Å². The molecular weight excluding hydrogens is 370 g/mol. The minimum Gasteiger partial charge on any atom is -0.493 e. The molecule has 1 fully saturated rings. The third kappa shape index (κ3) is 4.75. The van der Waals surface area contributed by atoms with E-state index in [-0.39, 0.29) is 16.5 Å². The van der Waals surface area contributed by atoms with Gasteiger partial charge in [0.05, 0.1) is 16.4 Å². The molecule has 2 aromatic carbocycles. The van der Waals surface area contributed by atoms with Gasteiger partial charge in [-0.2, -0.15) is 0 Å². The predicted molar refractivity (Wildman–Crippen MR) is 101 cm³/mol. The van der Waals surface area contributed by atoms with Crippen LogP contribution in [-0.4, -0.2) is 33.0 Å². The van der Waals surface area contributed by atoms with Crippen LogP contribution in [0, 0.1) is 16.0 Å². The zero-order valence-electron chi connectivity index (χ0n) is 14.7. The number of sulfonamides is 1. The first kappa shape index (κ1) is 19.1. The number of nitro groups is 1. The zero-order valence-corrected chi connectivity index (χ0v) is 15.5. The molecule has 144 valence electrons. The van der Waals surface area contributed by atoms with Gasteiger partial charge in [0.1, 0.15) is 11.4 Å². The lowest BCUT2D eigenvalue weighted by Crippen LogP contribution is -2.38. The number of hydrogen-bond acceptors (Lipinski definition) is 6. The Morgan fingerprint density at radius 1 is 1.22 bits per heavy atom. The minimum atomic E-state index is -4.00. The number of nitro benzene ring substituents is 1. The Labute approximate surface area is 157 Å². The molecule has 2 aromatic rings. The van der Waals surface area contributed by atoms with Crippen molar-refractivity contribution in [2.75, 3.05) is 24.6 Å². The van der Waals surface area contributed by atoms with Gasteiger partial charge >= 0.3 is 0 Å². The number of anilines is 1. The van der Waals surface area contributed by atoms with Crippen molar-refractivity contribution >= 4 is 21.4 Å². The number of primary sulfonamides is 1. The normalized spacial score (nSPS) is 17.5. The lowest BCUT2D eigenvalue weighted by atomic mass is 9.98. The smallest absolute Gasteiger partial charge is 0.293 e. The Morgan fingerprint density at radius 2 is 1.96 bits per heavy atom. The third-order valence-corrected chi connectivity index (χ3v) is 5.47. The second kappa shape index (κ2) is 7.93. The van der Waals surface area contributed by atoms with Crippen molar-refractivity contribution in [3.63, 3.8) is 0 Å². The standard InChI is InChI=1S/C18H21N3O5S/c19-27(24,25)16-8-9-17(18(11-16)21(22)23)20-10-4-5-14(12-20)13-26-15-6-2-1-3-7-15/h1-3,6-9,11,14H,4-5,10,12-13H2,(H2,19,24,25). The summed E-state index contributed by atoms with van der Waals surface area (Å²) < 4.78 is 28.8. The summed E-state index contributed by atoms with van der Waals surface area (Å²) in [4.78, 5) is 12.5. The molecule has 8 nitrogen and oxygen atoms in total. The highest BCUT2D eigenvalue weighted by Crippen LogP contribution is 2.33. The van der Waals surface area contributed by atoms with Gasteiger partial charge in [-0.25, -0.2) is 13.6 Å². The Morgan fingerprint density at radius 3 is 2.63 bits per heavy atom. The molecule has 0 aromatic heterocycles. The minimum absolute atomic E-state index is 0.219. The molecule has 1 saturated heterocycles. The first-order chi connectivity index (χ1) is 12.8. The topological polar surface area (TPSA) is 116 Å². The summed E-state index contributed by atoms with van der Waals surface area (Å²) in [6.45, 7) is 1.78. The molecule has 0 saturated carbocycles. The maximum absolute atomic E-state index is 11.5. The van der Waals surface area contributed by atoms with Crippen LogP contribution >= 0.6 is 0 Å². The average molecular weight is 391 g/mol. The van der Waals surface area contributed by atoms with E-state index in [4.69, 9.17) is 9.88 Å². The molecule has 0 aliphatic carbocycles. The summed E-state index contributed by atoms with van der Waals surface area (Å²) >= 11 is 0. The highest BCUT2D eigenvalue weighted by atomic mass is 32.2. The van der Waals surface area contributed by atoms with Crippen LogP contribution in [0.15, 0.2) is 53.4 Å². The fraction of sp³-hybridized carbons (Fsp3) is 0.333. The van der Waals surface area contributed by atoms with Crippen LogP contribution in [-0.2, 0) is 10.0 Å². The molecule has 1 atom stereocenters. The highest BCUT2D eigenvalue weighted by molar-refractivity contribution is 7.89. The second-order valence-corrected chi connectivity index (χ2v) is 8.09. The van der Waals surface area contributed by atoms with Gasteiger partial charge in [0.15, 0.2) is 0 Å². The molecule has 0 amide bonds. The summed E-state index contributed by atoms with van der Waals surface area (Å²) in [5.74, 6) is 1.01. The van der Waals surface area contributed by atoms with Crippen LogP contribution in [0.2, 0.25) is 0 Å². The highest BCUT2D eigenvalue weighted by Gasteiger charge is 2.27. The van der Waals surface area contributed by atoms with Gasteiger partial charge in [0.2, 0.25) is 10.0 Å². The molecule has 1 heterocycles. The molecule has 3 rings (SSSR count). The van der Waals surface area contributed by atoms with E-state index in [1.807, 2.05) is 35.2 Å². The van der Waals surface area contributed by atoms with E-state index < -0.39 is 14.9 Å². The number of para-hydroxylation sites is 1.